The van der Waals surface area contributed by atoms with Crippen molar-refractivity contribution in [1.82, 2.24) is 0 Å². The van der Waals surface area contributed by atoms with Gasteiger partial charge in [-0.15, -0.1) is 0 Å². The Hall–Kier alpha value is -1.45. The minimum Gasteiger partial charge on any atom is -0.462 e. The van der Waals surface area contributed by atoms with E-state index < -0.39 is 0 Å². The summed E-state index contributed by atoms with van der Waals surface area (Å²) in [6, 6.07) is 0. The molecular weight excluding hydrogens is 376 g/mol. The van der Waals surface area contributed by atoms with E-state index in [1.165, 1.54) is 19.8 Å². The van der Waals surface area contributed by atoms with Crippen LogP contribution in [0, 0.1) is 51.2 Å². The number of aldehydes is 1. The normalized spacial score (nSPS) is 54.3. The summed E-state index contributed by atoms with van der Waals surface area (Å²) in [7, 11) is 0. The minimum atomic E-state index is -0.238. The molecule has 10 atom stereocenters. The van der Waals surface area contributed by atoms with Crippen molar-refractivity contribution in [1.29, 1.82) is 0 Å². The van der Waals surface area contributed by atoms with Crippen LogP contribution in [0.15, 0.2) is 12.2 Å². The van der Waals surface area contributed by atoms with Gasteiger partial charge in [-0.25, -0.2) is 0 Å². The van der Waals surface area contributed by atoms with Gasteiger partial charge in [-0.1, -0.05) is 33.8 Å². The quantitative estimate of drug-likeness (QED) is 0.495. The van der Waals surface area contributed by atoms with E-state index in [1.807, 2.05) is 13.0 Å². The lowest BCUT2D eigenvalue weighted by Crippen LogP contribution is -2.55. The van der Waals surface area contributed by atoms with Gasteiger partial charge in [0.25, 0.3) is 0 Å². The highest BCUT2D eigenvalue weighted by molar-refractivity contribution is 5.93. The first-order chi connectivity index (χ1) is 14.1. The third-order valence-electron chi connectivity index (χ3n) is 11.1. The Bertz CT molecular complexity index is 846. The number of fused-ring (bicyclic) bond motifs is 2. The average Bonchev–Trinajstić information content (AvgIpc) is 3.29. The molecule has 4 heteroatoms. The zero-order chi connectivity index (χ0) is 21.7. The van der Waals surface area contributed by atoms with Crippen molar-refractivity contribution in [3.05, 3.63) is 12.2 Å². The zero-order valence-electron chi connectivity index (χ0n) is 19.1. The summed E-state index contributed by atoms with van der Waals surface area (Å²) in [6.07, 6.45) is 11.6. The molecule has 0 bridgehead atoms. The van der Waals surface area contributed by atoms with Gasteiger partial charge < -0.3 is 9.53 Å². The molecule has 0 saturated heterocycles. The molecule has 0 aromatic heterocycles. The number of allylic oxidation sites excluding steroid dienone is 2. The summed E-state index contributed by atoms with van der Waals surface area (Å²) in [5.41, 5.74) is 0.509. The van der Waals surface area contributed by atoms with Crippen molar-refractivity contribution in [3.8, 4) is 0 Å². The molecular formula is C26H36O4. The highest BCUT2D eigenvalue weighted by Crippen LogP contribution is 2.87. The van der Waals surface area contributed by atoms with Crippen LogP contribution >= 0.6 is 0 Å². The Balaban J connectivity index is 1.56. The standard InChI is InChI=1S/C26H36O4/c1-15(13-27)22-20(30-17(3)28)12-24(5)21-7-6-18-16(2)19(29)8-9-25(18)14-26(21,25)11-10-23(22,24)4/h8-9,13,15-16,18,20-22H,6-7,10-12,14H2,1-5H3/t15-,16+,18+,20+,21+,22?,23-,24+,25-,26+/m1/s1. The summed E-state index contributed by atoms with van der Waals surface area (Å²) in [4.78, 5) is 36.2. The Labute approximate surface area is 180 Å². The van der Waals surface area contributed by atoms with E-state index in [1.54, 1.807) is 0 Å². The third-order valence-corrected chi connectivity index (χ3v) is 11.1. The van der Waals surface area contributed by atoms with Crippen LogP contribution in [0.3, 0.4) is 0 Å². The van der Waals surface area contributed by atoms with Gasteiger partial charge in [-0.3, -0.25) is 9.59 Å². The molecule has 4 fully saturated rings. The Morgan fingerprint density at radius 3 is 2.63 bits per heavy atom. The van der Waals surface area contributed by atoms with E-state index in [4.69, 9.17) is 4.74 Å². The SMILES string of the molecule is CC(=O)O[C@H]1C[C@@]2(C)[C@@H]3CC[C@H]4[C@H](C)C(=O)C=C[C@@]45C[C@@]35CC[C@]2(C)C1[C@H](C)C=O. The van der Waals surface area contributed by atoms with Crippen LogP contribution in [0.1, 0.15) is 73.1 Å². The zero-order valence-corrected chi connectivity index (χ0v) is 19.1. The first kappa shape index (κ1) is 20.5. The summed E-state index contributed by atoms with van der Waals surface area (Å²) in [5.74, 6) is 1.20. The molecule has 4 nitrogen and oxygen atoms in total. The van der Waals surface area contributed by atoms with Crippen LogP contribution < -0.4 is 0 Å². The van der Waals surface area contributed by atoms with Crippen LogP contribution in [0.2, 0.25) is 0 Å². The van der Waals surface area contributed by atoms with Crippen molar-refractivity contribution in [2.24, 2.45) is 51.2 Å². The lowest BCUT2D eigenvalue weighted by Gasteiger charge is -2.60. The summed E-state index contributed by atoms with van der Waals surface area (Å²) in [6.45, 7) is 10.4. The molecule has 30 heavy (non-hydrogen) atoms. The number of hydrogen-bond donors (Lipinski definition) is 0. The molecule has 4 saturated carbocycles. The molecule has 0 aromatic carbocycles. The van der Waals surface area contributed by atoms with Crippen molar-refractivity contribution in [3.63, 3.8) is 0 Å². The van der Waals surface area contributed by atoms with E-state index in [-0.39, 0.29) is 51.5 Å². The molecule has 0 radical (unpaired) electrons. The lowest BCUT2D eigenvalue weighted by atomic mass is 9.43. The van der Waals surface area contributed by atoms with Crippen molar-refractivity contribution in [2.75, 3.05) is 0 Å². The maximum absolute atomic E-state index is 12.4. The fourth-order valence-electron chi connectivity index (χ4n) is 9.73. The molecule has 0 aromatic rings. The van der Waals surface area contributed by atoms with Crippen LogP contribution in [0.5, 0.6) is 0 Å². The van der Waals surface area contributed by atoms with Crippen LogP contribution in [0.25, 0.3) is 0 Å². The van der Waals surface area contributed by atoms with Crippen LogP contribution in [-0.4, -0.2) is 24.1 Å². The summed E-state index contributed by atoms with van der Waals surface area (Å²) >= 11 is 0. The second-order valence-electron chi connectivity index (χ2n) is 11.8. The fraction of sp³-hybridized carbons (Fsp3) is 0.808. The maximum Gasteiger partial charge on any atom is 0.302 e. The number of esters is 1. The first-order valence-corrected chi connectivity index (χ1v) is 11.9. The number of hydrogen-bond acceptors (Lipinski definition) is 4. The van der Waals surface area contributed by atoms with Gasteiger partial charge in [0.2, 0.25) is 0 Å². The van der Waals surface area contributed by atoms with Gasteiger partial charge in [0.05, 0.1) is 0 Å². The monoisotopic (exact) mass is 412 g/mol. The Kier molecular flexibility index (Phi) is 4.14. The topological polar surface area (TPSA) is 60.4 Å². The molecule has 5 aliphatic carbocycles. The van der Waals surface area contributed by atoms with Gasteiger partial charge in [-0.2, -0.15) is 0 Å². The highest BCUT2D eigenvalue weighted by atomic mass is 16.5. The van der Waals surface area contributed by atoms with Crippen molar-refractivity contribution < 1.29 is 19.1 Å². The minimum absolute atomic E-state index is 0.0141. The van der Waals surface area contributed by atoms with Gasteiger partial charge in [-0.05, 0) is 78.1 Å². The number of ketones is 1. The summed E-state index contributed by atoms with van der Waals surface area (Å²) < 4.78 is 5.87. The average molecular weight is 413 g/mol. The third kappa shape index (κ3) is 2.16. The molecule has 1 unspecified atom stereocenters. The van der Waals surface area contributed by atoms with Gasteiger partial charge in [0.15, 0.2) is 5.78 Å². The lowest BCUT2D eigenvalue weighted by molar-refractivity contribution is -0.152. The number of carbonyl (C=O) groups excluding carboxylic acids is 3. The summed E-state index contributed by atoms with van der Waals surface area (Å²) in [5, 5.41) is 0. The van der Waals surface area contributed by atoms with Crippen molar-refractivity contribution >= 4 is 18.0 Å². The fourth-order valence-corrected chi connectivity index (χ4v) is 9.73. The maximum atomic E-state index is 12.4. The van der Waals surface area contributed by atoms with Gasteiger partial charge in [0, 0.05) is 24.7 Å². The number of ether oxygens (including phenoxy) is 1. The number of rotatable bonds is 3. The molecule has 0 heterocycles. The first-order valence-electron chi connectivity index (χ1n) is 11.9. The van der Waals surface area contributed by atoms with Gasteiger partial charge in [0.1, 0.15) is 12.4 Å². The molecule has 0 N–H and O–H groups in total. The Morgan fingerprint density at radius 2 is 1.97 bits per heavy atom. The molecule has 5 rings (SSSR count). The highest BCUT2D eigenvalue weighted by Gasteiger charge is 2.81. The predicted molar refractivity (Wildman–Crippen MR) is 113 cm³/mol. The Morgan fingerprint density at radius 1 is 1.23 bits per heavy atom. The van der Waals surface area contributed by atoms with Crippen molar-refractivity contribution in [2.45, 2.75) is 79.2 Å². The number of carbonyl (C=O) groups is 3. The van der Waals surface area contributed by atoms with Gasteiger partial charge >= 0.3 is 5.97 Å². The van der Waals surface area contributed by atoms with E-state index in [2.05, 4.69) is 26.8 Å². The van der Waals surface area contributed by atoms with E-state index in [0.29, 0.717) is 17.6 Å². The molecule has 164 valence electrons. The largest absolute Gasteiger partial charge is 0.462 e. The predicted octanol–water partition coefficient (Wildman–Crippen LogP) is 4.76. The van der Waals surface area contributed by atoms with E-state index >= 15 is 0 Å². The smallest absolute Gasteiger partial charge is 0.302 e. The molecule has 2 spiro atoms. The van der Waals surface area contributed by atoms with Crippen LogP contribution in [0.4, 0.5) is 0 Å². The second kappa shape index (κ2) is 6.07. The molecule has 0 aliphatic heterocycles. The van der Waals surface area contributed by atoms with Crippen LogP contribution in [-0.2, 0) is 19.1 Å². The van der Waals surface area contributed by atoms with E-state index in [0.717, 1.165) is 32.0 Å². The van der Waals surface area contributed by atoms with E-state index in [9.17, 15) is 14.4 Å². The molecule has 5 aliphatic rings. The molecule has 0 amide bonds. The second-order valence-corrected chi connectivity index (χ2v) is 11.8.